The fourth-order valence-corrected chi connectivity index (χ4v) is 2.98. The minimum atomic E-state index is -0.981. The average molecular weight is 391 g/mol. The minimum absolute atomic E-state index is 0.198. The summed E-state index contributed by atoms with van der Waals surface area (Å²) in [5.41, 5.74) is 1.22. The van der Waals surface area contributed by atoms with E-state index in [0.717, 1.165) is 10.8 Å². The summed E-state index contributed by atoms with van der Waals surface area (Å²) in [5.74, 6) is -0.792. The Bertz CT molecular complexity index is 1070. The van der Waals surface area contributed by atoms with Crippen molar-refractivity contribution in [1.82, 2.24) is 0 Å². The first-order valence-corrected chi connectivity index (χ1v) is 9.08. The predicted octanol–water partition coefficient (Wildman–Crippen LogP) is 4.24. The van der Waals surface area contributed by atoms with Crippen LogP contribution in [0, 0.1) is 0 Å². The van der Waals surface area contributed by atoms with Crippen LogP contribution in [0.4, 0.5) is 5.69 Å². The monoisotopic (exact) mass is 391 g/mol. The van der Waals surface area contributed by atoms with Gasteiger partial charge in [-0.3, -0.25) is 9.59 Å². The van der Waals surface area contributed by atoms with Gasteiger partial charge in [0.15, 0.2) is 6.10 Å². The standard InChI is InChI=1S/C23H21NO5/c1-14(22(26)16-8-10-19(11-9-16)24-15(2)25)29-23(27)20-12-17-6-4-5-7-18(17)13-21(20)28-3/h4-14H,1-3H3,(H,24,25)/t14-/m1/s1. The van der Waals surface area contributed by atoms with Crippen molar-refractivity contribution < 1.29 is 23.9 Å². The Morgan fingerprint density at radius 2 is 1.55 bits per heavy atom. The van der Waals surface area contributed by atoms with Gasteiger partial charge in [0.05, 0.1) is 7.11 Å². The molecule has 6 nitrogen and oxygen atoms in total. The highest BCUT2D eigenvalue weighted by Gasteiger charge is 2.23. The molecule has 6 heteroatoms. The second kappa shape index (κ2) is 8.56. The van der Waals surface area contributed by atoms with E-state index in [-0.39, 0.29) is 17.3 Å². The molecule has 0 aromatic heterocycles. The number of hydrogen-bond donors (Lipinski definition) is 1. The number of esters is 1. The molecule has 3 rings (SSSR count). The molecule has 1 atom stereocenters. The van der Waals surface area contributed by atoms with Crippen LogP contribution in [0.2, 0.25) is 0 Å². The van der Waals surface area contributed by atoms with Crippen molar-refractivity contribution in [1.29, 1.82) is 0 Å². The summed E-state index contributed by atoms with van der Waals surface area (Å²) < 4.78 is 10.7. The molecule has 0 aliphatic heterocycles. The third kappa shape index (κ3) is 4.60. The van der Waals surface area contributed by atoms with E-state index >= 15 is 0 Å². The first kappa shape index (κ1) is 20.1. The molecule has 0 aliphatic carbocycles. The van der Waals surface area contributed by atoms with Gasteiger partial charge in [-0.25, -0.2) is 4.79 Å². The van der Waals surface area contributed by atoms with Gasteiger partial charge in [-0.15, -0.1) is 0 Å². The second-order valence-electron chi connectivity index (χ2n) is 6.57. The highest BCUT2D eigenvalue weighted by Crippen LogP contribution is 2.27. The number of nitrogens with one attached hydrogen (secondary N) is 1. The average Bonchev–Trinajstić information content (AvgIpc) is 2.72. The summed E-state index contributed by atoms with van der Waals surface area (Å²) in [4.78, 5) is 36.4. The molecule has 0 fully saturated rings. The van der Waals surface area contributed by atoms with E-state index in [1.165, 1.54) is 21.0 Å². The maximum Gasteiger partial charge on any atom is 0.342 e. The van der Waals surface area contributed by atoms with Gasteiger partial charge in [-0.05, 0) is 54.1 Å². The largest absolute Gasteiger partial charge is 0.496 e. The van der Waals surface area contributed by atoms with Gasteiger partial charge in [0.2, 0.25) is 11.7 Å². The molecule has 29 heavy (non-hydrogen) atoms. The Morgan fingerprint density at radius 1 is 0.931 bits per heavy atom. The Morgan fingerprint density at radius 3 is 2.14 bits per heavy atom. The summed E-state index contributed by atoms with van der Waals surface area (Å²) >= 11 is 0. The summed E-state index contributed by atoms with van der Waals surface area (Å²) in [5, 5.41) is 4.43. The number of methoxy groups -OCH3 is 1. The third-order valence-electron chi connectivity index (χ3n) is 4.43. The zero-order valence-electron chi connectivity index (χ0n) is 16.4. The zero-order valence-corrected chi connectivity index (χ0v) is 16.4. The third-order valence-corrected chi connectivity index (χ3v) is 4.43. The van der Waals surface area contributed by atoms with Crippen LogP contribution in [0.3, 0.4) is 0 Å². The highest BCUT2D eigenvalue weighted by molar-refractivity contribution is 6.03. The number of ketones is 1. The normalized spacial score (nSPS) is 11.6. The van der Waals surface area contributed by atoms with Gasteiger partial charge >= 0.3 is 5.97 Å². The lowest BCUT2D eigenvalue weighted by Gasteiger charge is -2.15. The fraction of sp³-hybridized carbons (Fsp3) is 0.174. The number of benzene rings is 3. The molecular formula is C23H21NO5. The van der Waals surface area contributed by atoms with E-state index in [1.807, 2.05) is 24.3 Å². The number of amides is 1. The molecule has 0 heterocycles. The van der Waals surface area contributed by atoms with Crippen molar-refractivity contribution in [3.05, 3.63) is 71.8 Å². The lowest BCUT2D eigenvalue weighted by molar-refractivity contribution is -0.114. The number of Topliss-reactive ketones (excluding diaryl/α,β-unsaturated/α-hetero) is 1. The molecule has 1 N–H and O–H groups in total. The lowest BCUT2D eigenvalue weighted by atomic mass is 10.0. The molecule has 3 aromatic carbocycles. The van der Waals surface area contributed by atoms with Gasteiger partial charge < -0.3 is 14.8 Å². The number of anilines is 1. The first-order valence-electron chi connectivity index (χ1n) is 9.08. The van der Waals surface area contributed by atoms with Crippen LogP contribution < -0.4 is 10.1 Å². The van der Waals surface area contributed by atoms with Crippen LogP contribution in [0.15, 0.2) is 60.7 Å². The van der Waals surface area contributed by atoms with E-state index < -0.39 is 12.1 Å². The lowest BCUT2D eigenvalue weighted by Crippen LogP contribution is -2.24. The number of ether oxygens (including phenoxy) is 2. The Labute approximate surface area is 168 Å². The van der Waals surface area contributed by atoms with E-state index in [9.17, 15) is 14.4 Å². The highest BCUT2D eigenvalue weighted by atomic mass is 16.5. The SMILES string of the molecule is COc1cc2ccccc2cc1C(=O)O[C@H](C)C(=O)c1ccc(NC(C)=O)cc1. The zero-order chi connectivity index (χ0) is 21.0. The maximum atomic E-state index is 12.7. The van der Waals surface area contributed by atoms with Crippen molar-refractivity contribution in [2.24, 2.45) is 0 Å². The van der Waals surface area contributed by atoms with E-state index in [4.69, 9.17) is 9.47 Å². The molecule has 0 saturated carbocycles. The van der Waals surface area contributed by atoms with Crippen molar-refractivity contribution in [3.63, 3.8) is 0 Å². The van der Waals surface area contributed by atoms with Crippen molar-refractivity contribution >= 4 is 34.1 Å². The molecular weight excluding hydrogens is 370 g/mol. The quantitative estimate of drug-likeness (QED) is 0.502. The van der Waals surface area contributed by atoms with Crippen LogP contribution in [0.25, 0.3) is 10.8 Å². The summed E-state index contributed by atoms with van der Waals surface area (Å²) in [6.45, 7) is 2.93. The van der Waals surface area contributed by atoms with Crippen LogP contribution in [-0.2, 0) is 9.53 Å². The smallest absolute Gasteiger partial charge is 0.342 e. The van der Waals surface area contributed by atoms with Crippen LogP contribution in [-0.4, -0.2) is 30.9 Å². The molecule has 0 spiro atoms. The Balaban J connectivity index is 1.77. The summed E-state index contributed by atoms with van der Waals surface area (Å²) in [6, 6.07) is 17.4. The topological polar surface area (TPSA) is 81.7 Å². The van der Waals surface area contributed by atoms with Crippen molar-refractivity contribution in [2.45, 2.75) is 20.0 Å². The Hall–Kier alpha value is -3.67. The van der Waals surface area contributed by atoms with Gasteiger partial charge in [0.1, 0.15) is 11.3 Å². The number of carbonyl (C=O) groups excluding carboxylic acids is 3. The Kier molecular flexibility index (Phi) is 5.93. The number of rotatable bonds is 6. The van der Waals surface area contributed by atoms with Crippen molar-refractivity contribution in [2.75, 3.05) is 12.4 Å². The second-order valence-corrected chi connectivity index (χ2v) is 6.57. The van der Waals surface area contributed by atoms with E-state index in [1.54, 1.807) is 36.4 Å². The van der Waals surface area contributed by atoms with Gasteiger partial charge in [0.25, 0.3) is 0 Å². The first-order chi connectivity index (χ1) is 13.9. The van der Waals surface area contributed by atoms with Gasteiger partial charge in [-0.1, -0.05) is 24.3 Å². The molecule has 0 radical (unpaired) electrons. The predicted molar refractivity (Wildman–Crippen MR) is 110 cm³/mol. The molecule has 148 valence electrons. The molecule has 0 saturated heterocycles. The number of fused-ring (bicyclic) bond motifs is 1. The number of hydrogen-bond acceptors (Lipinski definition) is 5. The molecule has 0 bridgehead atoms. The summed E-state index contributed by atoms with van der Waals surface area (Å²) in [7, 11) is 1.48. The number of carbonyl (C=O) groups is 3. The van der Waals surface area contributed by atoms with E-state index in [0.29, 0.717) is 17.0 Å². The molecule has 0 unspecified atom stereocenters. The maximum absolute atomic E-state index is 12.7. The molecule has 0 aliphatic rings. The summed E-state index contributed by atoms with van der Waals surface area (Å²) in [6.07, 6.45) is -0.981. The molecule has 3 aromatic rings. The van der Waals surface area contributed by atoms with Gasteiger partial charge in [0, 0.05) is 18.2 Å². The van der Waals surface area contributed by atoms with Crippen molar-refractivity contribution in [3.8, 4) is 5.75 Å². The van der Waals surface area contributed by atoms with Crippen LogP contribution >= 0.6 is 0 Å². The molecule has 1 amide bonds. The van der Waals surface area contributed by atoms with E-state index in [2.05, 4.69) is 5.32 Å². The van der Waals surface area contributed by atoms with Crippen LogP contribution in [0.5, 0.6) is 5.75 Å². The van der Waals surface area contributed by atoms with Crippen LogP contribution in [0.1, 0.15) is 34.6 Å². The minimum Gasteiger partial charge on any atom is -0.496 e. The van der Waals surface area contributed by atoms with Gasteiger partial charge in [-0.2, -0.15) is 0 Å². The fourth-order valence-electron chi connectivity index (χ4n) is 2.98.